The average Bonchev–Trinajstić information content (AvgIpc) is 3.04. The van der Waals surface area contributed by atoms with E-state index >= 15 is 0 Å². The molecule has 2 aromatic rings. The molecule has 126 valence electrons. The monoisotopic (exact) mass is 351 g/mol. The van der Waals surface area contributed by atoms with Crippen LogP contribution in [0.5, 0.6) is 0 Å². The molecule has 1 fully saturated rings. The van der Waals surface area contributed by atoms with Gasteiger partial charge in [0.05, 0.1) is 15.8 Å². The van der Waals surface area contributed by atoms with Gasteiger partial charge >= 0.3 is 5.97 Å². The van der Waals surface area contributed by atoms with Crippen molar-refractivity contribution in [1.82, 2.24) is 9.29 Å². The second-order valence-electron chi connectivity index (χ2n) is 5.35. The van der Waals surface area contributed by atoms with E-state index in [0.717, 1.165) is 16.4 Å². The number of nitrogens with zero attached hydrogens (tertiary/aromatic N) is 3. The highest BCUT2D eigenvalue weighted by Gasteiger charge is 2.40. The Hall–Kier alpha value is -2.59. The number of benzene rings is 1. The molecule has 0 radical (unpaired) electrons. The Balaban J connectivity index is 2.21. The van der Waals surface area contributed by atoms with Gasteiger partial charge in [0.25, 0.3) is 5.69 Å². The van der Waals surface area contributed by atoms with Crippen LogP contribution in [0, 0.1) is 10.1 Å². The summed E-state index contributed by atoms with van der Waals surface area (Å²) in [6.07, 6.45) is 2.01. The predicted molar refractivity (Wildman–Crippen MR) is 82.9 cm³/mol. The van der Waals surface area contributed by atoms with E-state index in [2.05, 4.69) is 4.98 Å². The summed E-state index contributed by atoms with van der Waals surface area (Å²) in [5.74, 6) is -1.21. The van der Waals surface area contributed by atoms with Gasteiger partial charge in [0, 0.05) is 18.8 Å². The highest BCUT2D eigenvalue weighted by Crippen LogP contribution is 2.33. The first-order chi connectivity index (χ1) is 11.3. The first kappa shape index (κ1) is 16.3. The maximum atomic E-state index is 12.9. The summed E-state index contributed by atoms with van der Waals surface area (Å²) >= 11 is 0. The van der Waals surface area contributed by atoms with E-state index in [0.29, 0.717) is 6.42 Å². The molecule has 0 amide bonds. The van der Waals surface area contributed by atoms with Gasteiger partial charge in [-0.15, -0.1) is 0 Å². The summed E-state index contributed by atoms with van der Waals surface area (Å²) in [5, 5.41) is 20.4. The largest absolute Gasteiger partial charge is 0.480 e. The van der Waals surface area contributed by atoms with Crippen molar-refractivity contribution in [3.63, 3.8) is 0 Å². The van der Waals surface area contributed by atoms with Crippen LogP contribution in [0.4, 0.5) is 5.69 Å². The molecule has 2 heterocycles. The van der Waals surface area contributed by atoms with Crippen LogP contribution in [0.25, 0.3) is 10.9 Å². The Labute approximate surface area is 136 Å². The van der Waals surface area contributed by atoms with Crippen molar-refractivity contribution in [1.29, 1.82) is 0 Å². The lowest BCUT2D eigenvalue weighted by molar-refractivity contribution is -0.383. The molecule has 3 rings (SSSR count). The highest BCUT2D eigenvalue weighted by molar-refractivity contribution is 7.89. The summed E-state index contributed by atoms with van der Waals surface area (Å²) in [6.45, 7) is 0.0879. The number of carboxylic acids is 1. The number of sulfonamides is 1. The first-order valence-electron chi connectivity index (χ1n) is 7.11. The average molecular weight is 351 g/mol. The summed E-state index contributed by atoms with van der Waals surface area (Å²) in [4.78, 5) is 25.5. The number of pyridine rings is 1. The zero-order valence-electron chi connectivity index (χ0n) is 12.3. The summed E-state index contributed by atoms with van der Waals surface area (Å²) in [5.41, 5.74) is -0.295. The predicted octanol–water partition coefficient (Wildman–Crippen LogP) is 1.38. The van der Waals surface area contributed by atoms with Crippen molar-refractivity contribution in [2.24, 2.45) is 0 Å². The van der Waals surface area contributed by atoms with E-state index in [1.165, 1.54) is 18.3 Å². The topological polar surface area (TPSA) is 131 Å². The van der Waals surface area contributed by atoms with E-state index < -0.39 is 27.0 Å². The lowest BCUT2D eigenvalue weighted by Crippen LogP contribution is -2.40. The van der Waals surface area contributed by atoms with E-state index in [1.807, 2.05) is 0 Å². The van der Waals surface area contributed by atoms with Gasteiger partial charge in [0.2, 0.25) is 10.0 Å². The number of rotatable bonds is 4. The molecule has 0 saturated carbocycles. The van der Waals surface area contributed by atoms with Crippen LogP contribution in [-0.2, 0) is 14.8 Å². The zero-order valence-corrected chi connectivity index (χ0v) is 13.1. The molecule has 9 nitrogen and oxygen atoms in total. The van der Waals surface area contributed by atoms with Crippen LogP contribution in [0.2, 0.25) is 0 Å². The lowest BCUT2D eigenvalue weighted by Gasteiger charge is -2.21. The molecule has 1 aliphatic rings. The number of hydrogen-bond acceptors (Lipinski definition) is 6. The van der Waals surface area contributed by atoms with Gasteiger partial charge < -0.3 is 5.11 Å². The number of aromatic nitrogens is 1. The smallest absolute Gasteiger partial charge is 0.322 e. The van der Waals surface area contributed by atoms with Crippen molar-refractivity contribution in [2.75, 3.05) is 6.54 Å². The van der Waals surface area contributed by atoms with Gasteiger partial charge in [-0.2, -0.15) is 4.31 Å². The molecule has 1 atom stereocenters. The number of hydrogen-bond donors (Lipinski definition) is 1. The molecule has 10 heteroatoms. The lowest BCUT2D eigenvalue weighted by atomic mass is 10.2. The minimum Gasteiger partial charge on any atom is -0.480 e. The third-order valence-corrected chi connectivity index (χ3v) is 5.92. The molecule has 0 aliphatic carbocycles. The SMILES string of the molecule is O=C(O)[C@@H]1CCCN1S(=O)(=O)c1ccc([N+](=O)[O-])c2cccnc12. The number of carbonyl (C=O) groups is 1. The summed E-state index contributed by atoms with van der Waals surface area (Å²) < 4.78 is 26.7. The fourth-order valence-electron chi connectivity index (χ4n) is 2.90. The number of carboxylic acid groups (broad SMARTS) is 1. The molecule has 0 spiro atoms. The molecule has 0 bridgehead atoms. The van der Waals surface area contributed by atoms with Crippen LogP contribution in [0.15, 0.2) is 35.4 Å². The second kappa shape index (κ2) is 5.80. The van der Waals surface area contributed by atoms with Gasteiger partial charge in [0.15, 0.2) is 0 Å². The molecule has 1 saturated heterocycles. The van der Waals surface area contributed by atoms with Crippen LogP contribution < -0.4 is 0 Å². The minimum atomic E-state index is -4.13. The fraction of sp³-hybridized carbons (Fsp3) is 0.286. The van der Waals surface area contributed by atoms with Crippen molar-refractivity contribution in [2.45, 2.75) is 23.8 Å². The van der Waals surface area contributed by atoms with E-state index in [4.69, 9.17) is 0 Å². The Kier molecular flexibility index (Phi) is 3.93. The van der Waals surface area contributed by atoms with Crippen molar-refractivity contribution in [3.8, 4) is 0 Å². The third-order valence-electron chi connectivity index (χ3n) is 3.98. The Bertz CT molecular complexity index is 943. The first-order valence-corrected chi connectivity index (χ1v) is 8.55. The van der Waals surface area contributed by atoms with Crippen molar-refractivity contribution in [3.05, 3.63) is 40.6 Å². The molecule has 1 aromatic carbocycles. The van der Waals surface area contributed by atoms with Crippen LogP contribution >= 0.6 is 0 Å². The van der Waals surface area contributed by atoms with Gasteiger partial charge in [-0.05, 0) is 31.0 Å². The third kappa shape index (κ3) is 2.49. The second-order valence-corrected chi connectivity index (χ2v) is 7.21. The Morgan fingerprint density at radius 2 is 2.12 bits per heavy atom. The maximum Gasteiger partial charge on any atom is 0.322 e. The van der Waals surface area contributed by atoms with Crippen molar-refractivity contribution < 1.29 is 23.2 Å². The summed E-state index contributed by atoms with van der Waals surface area (Å²) in [7, 11) is -4.13. The quantitative estimate of drug-likeness (QED) is 0.650. The number of fused-ring (bicyclic) bond motifs is 1. The highest BCUT2D eigenvalue weighted by atomic mass is 32.2. The Morgan fingerprint density at radius 3 is 2.79 bits per heavy atom. The number of nitro benzene ring substituents is 1. The van der Waals surface area contributed by atoms with Gasteiger partial charge in [-0.3, -0.25) is 19.9 Å². The maximum absolute atomic E-state index is 12.9. The normalized spacial score (nSPS) is 18.8. The molecule has 0 unspecified atom stereocenters. The van der Waals surface area contributed by atoms with E-state index in [-0.39, 0.29) is 34.5 Å². The van der Waals surface area contributed by atoms with Gasteiger partial charge in [0.1, 0.15) is 10.9 Å². The molecule has 1 N–H and O–H groups in total. The minimum absolute atomic E-state index is 0.0391. The molecule has 1 aromatic heterocycles. The molecule has 24 heavy (non-hydrogen) atoms. The molecule has 1 aliphatic heterocycles. The number of non-ortho nitro benzene ring substituents is 1. The van der Waals surface area contributed by atoms with Crippen molar-refractivity contribution >= 4 is 32.6 Å². The van der Waals surface area contributed by atoms with E-state index in [9.17, 15) is 28.4 Å². The van der Waals surface area contributed by atoms with Gasteiger partial charge in [-0.25, -0.2) is 8.42 Å². The molecular formula is C14H13N3O6S. The van der Waals surface area contributed by atoms with Crippen LogP contribution in [0.1, 0.15) is 12.8 Å². The zero-order chi connectivity index (χ0) is 17.5. The van der Waals surface area contributed by atoms with Crippen LogP contribution in [-0.4, -0.2) is 46.3 Å². The molecular weight excluding hydrogens is 338 g/mol. The summed E-state index contributed by atoms with van der Waals surface area (Å²) in [6, 6.07) is 3.96. The fourth-order valence-corrected chi connectivity index (χ4v) is 4.70. The Morgan fingerprint density at radius 1 is 1.38 bits per heavy atom. The number of nitro groups is 1. The van der Waals surface area contributed by atoms with E-state index in [1.54, 1.807) is 0 Å². The standard InChI is InChI=1S/C14H13N3O6S/c18-14(19)11-4-2-8-16(11)24(22,23)12-6-5-10(17(20)21)9-3-1-7-15-13(9)12/h1,3,5-7,11H,2,4,8H2,(H,18,19)/t11-/m0/s1. The number of aliphatic carboxylic acids is 1. The van der Waals surface area contributed by atoms with Gasteiger partial charge in [-0.1, -0.05) is 0 Å². The van der Waals surface area contributed by atoms with Crippen LogP contribution in [0.3, 0.4) is 0 Å².